The first-order chi connectivity index (χ1) is 19.4. The lowest BCUT2D eigenvalue weighted by Gasteiger charge is -2.55. The Kier molecular flexibility index (Phi) is 7.23. The Bertz CT molecular complexity index is 1300. The summed E-state index contributed by atoms with van der Waals surface area (Å²) in [4.78, 5) is 27.6. The van der Waals surface area contributed by atoms with E-state index in [2.05, 4.69) is 53.1 Å². The minimum Gasteiger partial charge on any atom is -0.377 e. The molecule has 1 aliphatic heterocycles. The standard InChI is InChI=1S/C34H41FN2O3/c1-4-14-34(31(38)21-40-3)15-13-29-27-19-30(35)26-18-23(36-39)9-12-25(26)32(27)28(20-33(29,34)2)22-7-10-24(11-8-22)37-16-5-6-17-37/h7-8,10-11,18,23,27-30H,5-6,9,12-13,15-17,19-21H2,1-3H3/t23?,27-,28?,29-,30?,33-,34+/m0/s1. The Morgan fingerprint density at radius 1 is 1.20 bits per heavy atom. The monoisotopic (exact) mass is 544 g/mol. The number of ether oxygens (including phenoxy) is 1. The van der Waals surface area contributed by atoms with Crippen LogP contribution in [0.25, 0.3) is 0 Å². The van der Waals surface area contributed by atoms with Crippen molar-refractivity contribution in [1.82, 2.24) is 0 Å². The van der Waals surface area contributed by atoms with Crippen LogP contribution in [-0.4, -0.2) is 44.8 Å². The van der Waals surface area contributed by atoms with Gasteiger partial charge in [-0.3, -0.25) is 4.79 Å². The molecule has 1 aromatic carbocycles. The summed E-state index contributed by atoms with van der Waals surface area (Å²) >= 11 is 0. The van der Waals surface area contributed by atoms with Crippen molar-refractivity contribution >= 4 is 11.5 Å². The molecule has 0 amide bonds. The number of carbonyl (C=O) groups excluding carboxylic acids is 1. The second kappa shape index (κ2) is 10.6. The zero-order valence-electron chi connectivity index (χ0n) is 24.0. The Morgan fingerprint density at radius 2 is 1.95 bits per heavy atom. The highest BCUT2D eigenvalue weighted by Gasteiger charge is 2.66. The molecule has 5 aliphatic rings. The zero-order chi connectivity index (χ0) is 28.1. The van der Waals surface area contributed by atoms with E-state index in [9.17, 15) is 9.70 Å². The second-order valence-electron chi connectivity index (χ2n) is 12.8. The highest BCUT2D eigenvalue weighted by molar-refractivity contribution is 5.90. The minimum atomic E-state index is -1.12. The van der Waals surface area contributed by atoms with Gasteiger partial charge in [0.25, 0.3) is 0 Å². The van der Waals surface area contributed by atoms with Crippen LogP contribution in [0.15, 0.2) is 52.2 Å². The number of hydrogen-bond donors (Lipinski definition) is 0. The van der Waals surface area contributed by atoms with Gasteiger partial charge in [0.1, 0.15) is 18.8 Å². The third-order valence-electron chi connectivity index (χ3n) is 11.1. The number of ketones is 1. The first-order valence-corrected chi connectivity index (χ1v) is 15.1. The molecule has 2 saturated carbocycles. The molecule has 212 valence electrons. The second-order valence-corrected chi connectivity index (χ2v) is 12.8. The van der Waals surface area contributed by atoms with Crippen molar-refractivity contribution in [2.45, 2.75) is 83.3 Å². The number of anilines is 1. The number of nitroso groups, excluding NO2 is 1. The van der Waals surface area contributed by atoms with Gasteiger partial charge in [0.05, 0.1) is 5.41 Å². The maximum atomic E-state index is 16.0. The summed E-state index contributed by atoms with van der Waals surface area (Å²) < 4.78 is 21.4. The van der Waals surface area contributed by atoms with E-state index in [0.29, 0.717) is 31.3 Å². The molecule has 1 heterocycles. The van der Waals surface area contributed by atoms with E-state index in [4.69, 9.17) is 4.74 Å². The molecule has 0 radical (unpaired) electrons. The highest BCUT2D eigenvalue weighted by Crippen LogP contribution is 2.70. The number of rotatable bonds is 6. The summed E-state index contributed by atoms with van der Waals surface area (Å²) in [6.07, 6.45) is 7.19. The average Bonchev–Trinajstić information content (AvgIpc) is 3.60. The lowest BCUT2D eigenvalue weighted by molar-refractivity contribution is -0.136. The third kappa shape index (κ3) is 4.11. The fourth-order valence-electron chi connectivity index (χ4n) is 9.25. The first-order valence-electron chi connectivity index (χ1n) is 15.1. The number of hydrogen-bond acceptors (Lipinski definition) is 5. The quantitative estimate of drug-likeness (QED) is 0.288. The summed E-state index contributed by atoms with van der Waals surface area (Å²) in [5.41, 5.74) is 4.43. The smallest absolute Gasteiger partial charge is 0.176 e. The molecule has 5 nitrogen and oxygen atoms in total. The highest BCUT2D eigenvalue weighted by atomic mass is 19.1. The van der Waals surface area contributed by atoms with E-state index < -0.39 is 23.0 Å². The predicted molar refractivity (Wildman–Crippen MR) is 156 cm³/mol. The number of fused-ring (bicyclic) bond motifs is 4. The van der Waals surface area contributed by atoms with E-state index in [-0.39, 0.29) is 30.1 Å². The number of methoxy groups -OCH3 is 1. The number of Topliss-reactive ketones (excluding diaryl/α,β-unsaturated/α-hetero) is 1. The van der Waals surface area contributed by atoms with Crippen LogP contribution in [0.1, 0.15) is 76.7 Å². The molecular formula is C34H41FN2O3. The number of alkyl halides is 1. The zero-order valence-corrected chi connectivity index (χ0v) is 24.0. The van der Waals surface area contributed by atoms with E-state index in [0.717, 1.165) is 31.5 Å². The molecule has 3 fully saturated rings. The van der Waals surface area contributed by atoms with E-state index >= 15 is 4.39 Å². The average molecular weight is 545 g/mol. The van der Waals surface area contributed by atoms with Crippen molar-refractivity contribution in [3.05, 3.63) is 57.5 Å². The van der Waals surface area contributed by atoms with Gasteiger partial charge in [-0.1, -0.05) is 41.8 Å². The Balaban J connectivity index is 1.50. The molecule has 0 N–H and O–H groups in total. The Labute approximate surface area is 237 Å². The summed E-state index contributed by atoms with van der Waals surface area (Å²) in [5, 5.41) is 3.26. The van der Waals surface area contributed by atoms with Gasteiger partial charge < -0.3 is 9.64 Å². The van der Waals surface area contributed by atoms with Crippen molar-refractivity contribution in [3.63, 3.8) is 0 Å². The number of halogens is 1. The van der Waals surface area contributed by atoms with Crippen molar-refractivity contribution in [2.24, 2.45) is 27.8 Å². The maximum Gasteiger partial charge on any atom is 0.176 e. The molecule has 40 heavy (non-hydrogen) atoms. The number of carbonyl (C=O) groups is 1. The molecule has 0 aromatic heterocycles. The van der Waals surface area contributed by atoms with Crippen LogP contribution in [0, 0.1) is 39.4 Å². The molecular weight excluding hydrogens is 503 g/mol. The Hall–Kier alpha value is -2.78. The first kappa shape index (κ1) is 27.4. The lowest BCUT2D eigenvalue weighted by Crippen LogP contribution is -2.52. The van der Waals surface area contributed by atoms with Crippen LogP contribution in [0.3, 0.4) is 0 Å². The molecule has 6 heteroatoms. The van der Waals surface area contributed by atoms with Gasteiger partial charge in [0.2, 0.25) is 0 Å². The molecule has 0 bridgehead atoms. The SMILES string of the molecule is CC#C[C@]1(C(=O)COC)CC[C@H]2[C@@H]3CC(F)C4=CC(N=O)CCC4=C3C(c3ccc(N4CCCC4)cc3)C[C@@]21C. The number of allylic oxidation sites excluding steroid dienone is 3. The van der Waals surface area contributed by atoms with Gasteiger partial charge in [-0.15, -0.1) is 5.92 Å². The largest absolute Gasteiger partial charge is 0.377 e. The van der Waals surface area contributed by atoms with Crippen molar-refractivity contribution < 1.29 is 13.9 Å². The third-order valence-corrected chi connectivity index (χ3v) is 11.1. The molecule has 1 aromatic rings. The molecule has 0 spiro atoms. The van der Waals surface area contributed by atoms with E-state index in [1.807, 2.05) is 6.92 Å². The number of nitrogens with zero attached hydrogens (tertiary/aromatic N) is 2. The Morgan fingerprint density at radius 3 is 2.62 bits per heavy atom. The van der Waals surface area contributed by atoms with Gasteiger partial charge in [0, 0.05) is 31.8 Å². The molecule has 6 rings (SSSR count). The maximum absolute atomic E-state index is 16.0. The van der Waals surface area contributed by atoms with Crippen LogP contribution in [-0.2, 0) is 9.53 Å². The van der Waals surface area contributed by atoms with E-state index in [1.54, 1.807) is 13.2 Å². The van der Waals surface area contributed by atoms with Gasteiger partial charge in [-0.05, 0) is 104 Å². The predicted octanol–water partition coefficient (Wildman–Crippen LogP) is 6.93. The minimum absolute atomic E-state index is 0.0424. The van der Waals surface area contributed by atoms with Gasteiger partial charge in [-0.2, -0.15) is 4.91 Å². The summed E-state index contributed by atoms with van der Waals surface area (Å²) in [5.74, 6) is 6.86. The topological polar surface area (TPSA) is 59.0 Å². The molecule has 4 aliphatic carbocycles. The molecule has 3 unspecified atom stereocenters. The van der Waals surface area contributed by atoms with Gasteiger partial charge in [0.15, 0.2) is 5.78 Å². The number of benzene rings is 1. The van der Waals surface area contributed by atoms with Crippen molar-refractivity contribution in [3.8, 4) is 11.8 Å². The lowest BCUT2D eigenvalue weighted by atomic mass is 9.48. The summed E-state index contributed by atoms with van der Waals surface area (Å²) in [6, 6.07) is 8.55. The molecule has 7 atom stereocenters. The van der Waals surface area contributed by atoms with Crippen molar-refractivity contribution in [2.75, 3.05) is 31.7 Å². The van der Waals surface area contributed by atoms with Crippen LogP contribution < -0.4 is 4.90 Å². The van der Waals surface area contributed by atoms with Crippen molar-refractivity contribution in [1.29, 1.82) is 0 Å². The van der Waals surface area contributed by atoms with Gasteiger partial charge in [-0.25, -0.2) is 4.39 Å². The van der Waals surface area contributed by atoms with Gasteiger partial charge >= 0.3 is 0 Å². The summed E-state index contributed by atoms with van der Waals surface area (Å²) in [7, 11) is 1.57. The normalized spacial score (nSPS) is 36.6. The molecule has 1 saturated heterocycles. The van der Waals surface area contributed by atoms with Crippen LogP contribution in [0.5, 0.6) is 0 Å². The van der Waals surface area contributed by atoms with Crippen LogP contribution >= 0.6 is 0 Å². The fourth-order valence-corrected chi connectivity index (χ4v) is 9.25. The van der Waals surface area contributed by atoms with Crippen LogP contribution in [0.2, 0.25) is 0 Å². The summed E-state index contributed by atoms with van der Waals surface area (Å²) in [6.45, 7) is 6.30. The van der Waals surface area contributed by atoms with E-state index in [1.165, 1.54) is 29.7 Å². The fraction of sp³-hybridized carbons (Fsp3) is 0.618. The van der Waals surface area contributed by atoms with Crippen LogP contribution in [0.4, 0.5) is 10.1 Å².